The fourth-order valence-electron chi connectivity index (χ4n) is 11.6. The van der Waals surface area contributed by atoms with Gasteiger partial charge in [0.1, 0.15) is 54.4 Å². The molecule has 0 bridgehead atoms. The number of aromatic nitrogens is 1. The van der Waals surface area contributed by atoms with E-state index in [2.05, 4.69) is 36.9 Å². The molecule has 5 aliphatic rings. The molecular formula is C53H76N14O12. The first-order valence-electron chi connectivity index (χ1n) is 27.6. The van der Waals surface area contributed by atoms with E-state index in [0.717, 1.165) is 16.5 Å². The Morgan fingerprint density at radius 2 is 1.28 bits per heavy atom. The van der Waals surface area contributed by atoms with Crippen molar-refractivity contribution < 1.29 is 57.8 Å². The largest absolute Gasteiger partial charge is 0.480 e. The van der Waals surface area contributed by atoms with Crippen LogP contribution in [0.1, 0.15) is 116 Å². The number of fused-ring (bicyclic) bond motifs is 1. The molecule has 26 heteroatoms. The van der Waals surface area contributed by atoms with Crippen molar-refractivity contribution >= 4 is 81.9 Å². The number of hydrogen-bond acceptors (Lipinski definition) is 12. The lowest BCUT2D eigenvalue weighted by Gasteiger charge is -2.34. The second-order valence-corrected chi connectivity index (χ2v) is 21.4. The van der Waals surface area contributed by atoms with Gasteiger partial charge in [-0.05, 0) is 94.6 Å². The molecule has 1 aromatic carbocycles. The number of para-hydroxylation sites is 1. The molecule has 2 aromatic rings. The van der Waals surface area contributed by atoms with Crippen molar-refractivity contribution in [1.82, 2.24) is 56.5 Å². The number of amides is 10. The quantitative estimate of drug-likeness (QED) is 0.0326. The number of likely N-dealkylation sites (tertiary alicyclic amines) is 4. The van der Waals surface area contributed by atoms with Gasteiger partial charge >= 0.3 is 5.97 Å². The van der Waals surface area contributed by atoms with Gasteiger partial charge in [-0.15, -0.1) is 0 Å². The van der Waals surface area contributed by atoms with Crippen LogP contribution in [-0.4, -0.2) is 188 Å². The van der Waals surface area contributed by atoms with E-state index in [9.17, 15) is 57.8 Å². The average molecular weight is 1100 g/mol. The first-order valence-corrected chi connectivity index (χ1v) is 27.6. The van der Waals surface area contributed by atoms with E-state index in [1.54, 1.807) is 13.1 Å². The maximum Gasteiger partial charge on any atom is 0.326 e. The Kier molecular flexibility index (Phi) is 19.9. The molecule has 13 N–H and O–H groups in total. The summed E-state index contributed by atoms with van der Waals surface area (Å²) >= 11 is 0. The third-order valence-corrected chi connectivity index (χ3v) is 16.0. The zero-order valence-corrected chi connectivity index (χ0v) is 44.9. The van der Waals surface area contributed by atoms with Gasteiger partial charge in [0.15, 0.2) is 5.96 Å². The van der Waals surface area contributed by atoms with Crippen molar-refractivity contribution in [1.29, 1.82) is 5.41 Å². The van der Waals surface area contributed by atoms with Gasteiger partial charge in [-0.25, -0.2) is 4.79 Å². The van der Waals surface area contributed by atoms with Crippen LogP contribution in [0.3, 0.4) is 0 Å². The number of H-pyrrole nitrogens is 1. The average Bonchev–Trinajstić information content (AvgIpc) is 4.38. The van der Waals surface area contributed by atoms with Crippen LogP contribution in [0.4, 0.5) is 0 Å². The van der Waals surface area contributed by atoms with Crippen molar-refractivity contribution in [2.75, 3.05) is 32.7 Å². The zero-order chi connectivity index (χ0) is 57.1. The third kappa shape index (κ3) is 14.3. The predicted octanol–water partition coefficient (Wildman–Crippen LogP) is -1.45. The fourth-order valence-corrected chi connectivity index (χ4v) is 11.6. The maximum atomic E-state index is 14.8. The minimum absolute atomic E-state index is 0.0129. The standard InChI is InChI=1S/C53H76N14O12/c1-3-29(2)43(51(77)66-25-9-16-39(66)50(76)67-26-10-17-40(67)52(78)79)63-45(71)34(18-20-41(54)68)60-46(72)37-14-7-23-64(37)48(74)35(13-6-22-57-53(55)56)61-47(73)38-15-8-24-65(38)49(75)36(62-44(70)33-19-21-42(69)59-33)27-30-28-58-32-12-5-4-11-31(30)32/h4-5,11-12,28-29,33-40,43,58H,3,6-10,13-27H2,1-2H3,(H2,54,68)(H,59,69)(H,60,72)(H,61,73)(H,62,70)(H,63,71)(H,78,79)(H4,55,56,57)/t29?,33-,34-,35-,36-,37-,38-,39-,40-,43-/m0/s1. The van der Waals surface area contributed by atoms with E-state index in [-0.39, 0.29) is 102 Å². The minimum atomic E-state index is -1.42. The molecule has 0 radical (unpaired) electrons. The SMILES string of the molecule is CCC(C)[C@H](NC(=O)[C@H](CCC(N)=O)NC(=O)[C@@H]1CCCN1C(=O)[C@H](CCCNC(=N)N)NC(=O)[C@@H]1CCCN1C(=O)[C@H](Cc1c[nH]c2ccccc12)NC(=O)[C@@H]1CCC(=O)N1)C(=O)N1CCC[C@H]1C(=O)N1CCC[C@H]1C(=O)O. The molecule has 5 aliphatic heterocycles. The summed E-state index contributed by atoms with van der Waals surface area (Å²) in [4.78, 5) is 159. The molecule has 7 rings (SSSR count). The molecule has 0 aliphatic carbocycles. The topological polar surface area (TPSA) is 385 Å². The molecule has 1 unspecified atom stereocenters. The normalized spacial score (nSPS) is 22.8. The number of hydrogen-bond donors (Lipinski definition) is 11. The second-order valence-electron chi connectivity index (χ2n) is 21.4. The lowest BCUT2D eigenvalue weighted by atomic mass is 9.96. The lowest BCUT2D eigenvalue weighted by molar-refractivity contribution is -0.152. The number of primary amides is 1. The summed E-state index contributed by atoms with van der Waals surface area (Å²) in [6.07, 6.45) is 5.01. The Hall–Kier alpha value is -7.80. The van der Waals surface area contributed by atoms with Crippen molar-refractivity contribution in [2.24, 2.45) is 17.4 Å². The number of nitrogens with one attached hydrogen (secondary N) is 8. The molecular weight excluding hydrogens is 1020 g/mol. The molecule has 0 saturated carbocycles. The number of benzene rings is 1. The summed E-state index contributed by atoms with van der Waals surface area (Å²) in [7, 11) is 0. The van der Waals surface area contributed by atoms with Crippen LogP contribution >= 0.6 is 0 Å². The van der Waals surface area contributed by atoms with Gasteiger partial charge in [0, 0.05) is 69.1 Å². The van der Waals surface area contributed by atoms with E-state index >= 15 is 0 Å². The Morgan fingerprint density at radius 1 is 0.709 bits per heavy atom. The zero-order valence-electron chi connectivity index (χ0n) is 44.9. The van der Waals surface area contributed by atoms with Crippen LogP contribution in [-0.2, 0) is 59.2 Å². The Labute approximate surface area is 457 Å². The van der Waals surface area contributed by atoms with Crippen LogP contribution in [0.2, 0.25) is 0 Å². The summed E-state index contributed by atoms with van der Waals surface area (Å²) in [6, 6.07) is -2.54. The van der Waals surface area contributed by atoms with Gasteiger partial charge in [0.25, 0.3) is 0 Å². The van der Waals surface area contributed by atoms with Gasteiger partial charge in [0.05, 0.1) is 0 Å². The molecule has 26 nitrogen and oxygen atoms in total. The summed E-state index contributed by atoms with van der Waals surface area (Å²) in [5.74, 6) is -7.93. The smallest absolute Gasteiger partial charge is 0.326 e. The highest BCUT2D eigenvalue weighted by atomic mass is 16.4. The highest BCUT2D eigenvalue weighted by molar-refractivity contribution is 6.00. The number of aliphatic carboxylic acids is 1. The summed E-state index contributed by atoms with van der Waals surface area (Å²) in [5.41, 5.74) is 12.6. The number of carboxylic acid groups (broad SMARTS) is 1. The predicted molar refractivity (Wildman–Crippen MR) is 285 cm³/mol. The Balaban J connectivity index is 1.06. The van der Waals surface area contributed by atoms with Crippen LogP contribution in [0, 0.1) is 11.3 Å². The van der Waals surface area contributed by atoms with Gasteiger partial charge in [0.2, 0.25) is 59.1 Å². The monoisotopic (exact) mass is 1100 g/mol. The summed E-state index contributed by atoms with van der Waals surface area (Å²) in [6.45, 7) is 4.39. The van der Waals surface area contributed by atoms with Gasteiger partial charge in [-0.1, -0.05) is 38.5 Å². The van der Waals surface area contributed by atoms with E-state index in [4.69, 9.17) is 16.9 Å². The van der Waals surface area contributed by atoms with Crippen molar-refractivity contribution in [2.45, 2.75) is 171 Å². The maximum absolute atomic E-state index is 14.8. The van der Waals surface area contributed by atoms with Crippen molar-refractivity contribution in [3.8, 4) is 0 Å². The summed E-state index contributed by atoms with van der Waals surface area (Å²) < 4.78 is 0. The molecule has 430 valence electrons. The third-order valence-electron chi connectivity index (χ3n) is 16.0. The number of aromatic amines is 1. The van der Waals surface area contributed by atoms with Gasteiger partial charge in [-0.2, -0.15) is 0 Å². The fraction of sp³-hybridized carbons (Fsp3) is 0.623. The highest BCUT2D eigenvalue weighted by Gasteiger charge is 2.46. The Bertz CT molecular complexity index is 2660. The van der Waals surface area contributed by atoms with Crippen LogP contribution in [0.5, 0.6) is 0 Å². The molecule has 10 atom stereocenters. The number of carboxylic acids is 1. The minimum Gasteiger partial charge on any atom is -0.480 e. The molecule has 0 spiro atoms. The first kappa shape index (κ1) is 58.9. The lowest BCUT2D eigenvalue weighted by Crippen LogP contribution is -2.60. The summed E-state index contributed by atoms with van der Waals surface area (Å²) in [5, 5.41) is 34.7. The van der Waals surface area contributed by atoms with E-state index in [1.165, 1.54) is 19.6 Å². The van der Waals surface area contributed by atoms with E-state index < -0.39 is 119 Å². The van der Waals surface area contributed by atoms with Gasteiger partial charge in [-0.3, -0.25) is 53.4 Å². The second kappa shape index (κ2) is 26.7. The molecule has 6 heterocycles. The number of nitrogens with two attached hydrogens (primary N) is 2. The number of guanidine groups is 1. The molecule has 1 aromatic heterocycles. The molecule has 10 amide bonds. The molecule has 5 saturated heterocycles. The molecule has 5 fully saturated rings. The first-order chi connectivity index (χ1) is 37.8. The Morgan fingerprint density at radius 3 is 1.87 bits per heavy atom. The van der Waals surface area contributed by atoms with Crippen LogP contribution < -0.4 is 43.4 Å². The van der Waals surface area contributed by atoms with E-state index in [1.807, 2.05) is 31.2 Å². The van der Waals surface area contributed by atoms with Crippen molar-refractivity contribution in [3.63, 3.8) is 0 Å². The van der Waals surface area contributed by atoms with Crippen LogP contribution in [0.25, 0.3) is 10.9 Å². The van der Waals surface area contributed by atoms with Crippen molar-refractivity contribution in [3.05, 3.63) is 36.0 Å². The van der Waals surface area contributed by atoms with Gasteiger partial charge < -0.3 is 73.1 Å². The van der Waals surface area contributed by atoms with Crippen LogP contribution in [0.15, 0.2) is 30.5 Å². The number of nitrogens with zero attached hydrogens (tertiary/aromatic N) is 4. The number of carbonyl (C=O) groups is 11. The number of rotatable bonds is 24. The van der Waals surface area contributed by atoms with E-state index in [0.29, 0.717) is 44.9 Å². The highest BCUT2D eigenvalue weighted by Crippen LogP contribution is 2.29. The molecule has 79 heavy (non-hydrogen) atoms. The number of carbonyl (C=O) groups excluding carboxylic acids is 10.